The molecule has 0 radical (unpaired) electrons. The van der Waals surface area contributed by atoms with Gasteiger partial charge in [0.05, 0.1) is 62.8 Å². The number of aromatic nitrogens is 2. The molecule has 0 saturated carbocycles. The number of likely N-dealkylation sites (tertiary alicyclic amines) is 2. The fourth-order valence-electron chi connectivity index (χ4n) is 7.97. The Balaban J connectivity index is 0.000000196. The van der Waals surface area contributed by atoms with Gasteiger partial charge in [0, 0.05) is 66.1 Å². The molecule has 2 fully saturated rings. The van der Waals surface area contributed by atoms with Crippen LogP contribution in [0.5, 0.6) is 0 Å². The summed E-state index contributed by atoms with van der Waals surface area (Å²) < 4.78 is 36.5. The van der Waals surface area contributed by atoms with Gasteiger partial charge in [0.2, 0.25) is 0 Å². The van der Waals surface area contributed by atoms with E-state index in [4.69, 9.17) is 5.73 Å². The number of ketones is 1. The fourth-order valence-corrected chi connectivity index (χ4v) is 9.98. The Bertz CT molecular complexity index is 2530. The molecule has 4 heterocycles. The highest BCUT2D eigenvalue weighted by molar-refractivity contribution is 7.19. The number of halogens is 2. The lowest BCUT2D eigenvalue weighted by molar-refractivity contribution is 0.0600. The number of nitrogens with zero attached hydrogens (tertiary/aromatic N) is 6. The number of carbonyl (C=O) groups is 4. The van der Waals surface area contributed by atoms with E-state index in [2.05, 4.69) is 42.4 Å². The number of rotatable bonds is 11. The lowest BCUT2D eigenvalue weighted by Crippen LogP contribution is -2.45. The summed E-state index contributed by atoms with van der Waals surface area (Å²) in [5, 5.41) is 2.09. The zero-order valence-corrected chi connectivity index (χ0v) is 39.8. The molecule has 2 aliphatic rings. The number of Topliss-reactive ketones (excluding diaryl/α,β-unsaturated/α-hetero) is 1. The van der Waals surface area contributed by atoms with Gasteiger partial charge in [-0.2, -0.15) is 0 Å². The number of fused-ring (bicyclic) bond motifs is 2. The van der Waals surface area contributed by atoms with Crippen molar-refractivity contribution in [2.45, 2.75) is 91.1 Å². The number of benzene rings is 4. The highest BCUT2D eigenvalue weighted by atomic mass is 32.1. The van der Waals surface area contributed by atoms with Gasteiger partial charge in [-0.25, -0.2) is 33.1 Å². The summed E-state index contributed by atoms with van der Waals surface area (Å²) >= 11 is 3.23. The van der Waals surface area contributed by atoms with Gasteiger partial charge in [-0.05, 0) is 93.1 Å². The van der Waals surface area contributed by atoms with E-state index in [1.807, 2.05) is 46.2 Å². The molecule has 0 atom stereocenters. The second kappa shape index (κ2) is 21.6. The van der Waals surface area contributed by atoms with Gasteiger partial charge in [-0.3, -0.25) is 14.6 Å². The van der Waals surface area contributed by atoms with Gasteiger partial charge in [-0.1, -0.05) is 45.9 Å². The first-order chi connectivity index (χ1) is 31.7. The summed E-state index contributed by atoms with van der Waals surface area (Å²) in [6, 6.07) is 19.8. The Morgan fingerprint density at radius 3 is 1.45 bits per heavy atom. The highest BCUT2D eigenvalue weighted by Gasteiger charge is 2.28. The first kappa shape index (κ1) is 48.1. The molecule has 4 aromatic carbocycles. The molecule has 0 unspecified atom stereocenters. The van der Waals surface area contributed by atoms with E-state index in [0.717, 1.165) is 75.0 Å². The number of urea groups is 2. The van der Waals surface area contributed by atoms with Gasteiger partial charge in [0.1, 0.15) is 11.6 Å². The van der Waals surface area contributed by atoms with Crippen LogP contribution in [0.4, 0.5) is 29.7 Å². The van der Waals surface area contributed by atoms with E-state index in [0.29, 0.717) is 60.5 Å². The van der Waals surface area contributed by atoms with Crippen LogP contribution in [-0.2, 0) is 17.8 Å². The molecule has 2 aromatic heterocycles. The smallest absolute Gasteiger partial charge is 0.337 e. The number of methoxy groups -OCH3 is 1. The van der Waals surface area contributed by atoms with E-state index in [1.165, 1.54) is 19.2 Å². The number of hydrogen-bond donors (Lipinski definition) is 1. The molecule has 2 aliphatic heterocycles. The first-order valence-corrected chi connectivity index (χ1v) is 24.2. The molecule has 2 N–H and O–H groups in total. The molecule has 12 nitrogen and oxygen atoms in total. The van der Waals surface area contributed by atoms with E-state index in [-0.39, 0.29) is 48.6 Å². The average molecular weight is 938 g/mol. The second-order valence-corrected chi connectivity index (χ2v) is 19.4. The van der Waals surface area contributed by atoms with E-state index in [1.54, 1.807) is 50.7 Å². The number of ether oxygens (including phenoxy) is 1. The van der Waals surface area contributed by atoms with Gasteiger partial charge >= 0.3 is 18.0 Å². The third-order valence-electron chi connectivity index (χ3n) is 11.8. The van der Waals surface area contributed by atoms with Gasteiger partial charge in [-0.15, -0.1) is 22.7 Å². The monoisotopic (exact) mass is 937 g/mol. The van der Waals surface area contributed by atoms with Crippen molar-refractivity contribution in [1.29, 1.82) is 0 Å². The summed E-state index contributed by atoms with van der Waals surface area (Å²) in [5.74, 6) is -1.35. The quantitative estimate of drug-likeness (QED) is 0.0999. The van der Waals surface area contributed by atoms with Crippen molar-refractivity contribution in [2.24, 2.45) is 5.73 Å². The lowest BCUT2D eigenvalue weighted by atomic mass is 10.1. The maximum atomic E-state index is 14.9. The zero-order valence-electron chi connectivity index (χ0n) is 38.1. The molecule has 348 valence electrons. The largest absolute Gasteiger partial charge is 0.465 e. The van der Waals surface area contributed by atoms with E-state index < -0.39 is 17.6 Å². The summed E-state index contributed by atoms with van der Waals surface area (Å²) in [4.78, 5) is 66.9. The summed E-state index contributed by atoms with van der Waals surface area (Å²) in [5.41, 5.74) is 9.66. The molecule has 6 aromatic rings. The number of anilines is 2. The molecule has 0 bridgehead atoms. The van der Waals surface area contributed by atoms with Gasteiger partial charge < -0.3 is 20.3 Å². The molecule has 66 heavy (non-hydrogen) atoms. The lowest BCUT2D eigenvalue weighted by Gasteiger charge is -2.33. The number of piperidine rings is 2. The van der Waals surface area contributed by atoms with Crippen LogP contribution in [0.1, 0.15) is 120 Å². The maximum absolute atomic E-state index is 14.9. The number of carbonyl (C=O) groups excluding carboxylic acids is 4. The van der Waals surface area contributed by atoms with Crippen LogP contribution in [0.25, 0.3) is 20.4 Å². The normalized spacial score (nSPS) is 14.1. The van der Waals surface area contributed by atoms with Crippen molar-refractivity contribution in [3.63, 3.8) is 0 Å². The van der Waals surface area contributed by atoms with Crippen LogP contribution in [0.15, 0.2) is 72.8 Å². The third kappa shape index (κ3) is 11.2. The van der Waals surface area contributed by atoms with Crippen molar-refractivity contribution in [1.82, 2.24) is 19.8 Å². The highest BCUT2D eigenvalue weighted by Crippen LogP contribution is 2.34. The van der Waals surface area contributed by atoms with E-state index >= 15 is 0 Å². The molecule has 8 rings (SSSR count). The van der Waals surface area contributed by atoms with Crippen molar-refractivity contribution >= 4 is 78.3 Å². The summed E-state index contributed by atoms with van der Waals surface area (Å²) in [6.45, 7) is 11.1. The number of nitrogens with two attached hydrogens (primary N) is 1. The Morgan fingerprint density at radius 1 is 0.636 bits per heavy atom. The fraction of sp³-hybridized carbons (Fsp3) is 0.400. The number of thiazole rings is 2. The zero-order chi connectivity index (χ0) is 47.1. The number of amides is 4. The number of hydrogen-bond acceptors (Lipinski definition) is 10. The van der Waals surface area contributed by atoms with Crippen LogP contribution in [-0.4, -0.2) is 83.4 Å². The topological polar surface area (TPSA) is 142 Å². The molecule has 0 aliphatic carbocycles. The average Bonchev–Trinajstić information content (AvgIpc) is 3.98. The van der Waals surface area contributed by atoms with Crippen molar-refractivity contribution < 1.29 is 32.7 Å². The van der Waals surface area contributed by atoms with Crippen LogP contribution in [0.3, 0.4) is 0 Å². The van der Waals surface area contributed by atoms with Crippen LogP contribution in [0.2, 0.25) is 0 Å². The van der Waals surface area contributed by atoms with Crippen molar-refractivity contribution in [2.75, 3.05) is 49.6 Å². The Morgan fingerprint density at radius 2 is 1.06 bits per heavy atom. The Labute approximate surface area is 392 Å². The minimum Gasteiger partial charge on any atom is -0.465 e. The van der Waals surface area contributed by atoms with Crippen molar-refractivity contribution in [3.8, 4) is 0 Å². The first-order valence-electron chi connectivity index (χ1n) is 22.6. The molecular formula is C50H57F2N7O5S2. The third-order valence-corrected chi connectivity index (χ3v) is 14.4. The predicted octanol–water partition coefficient (Wildman–Crippen LogP) is 11.3. The Hall–Kier alpha value is -5.84. The SMILES string of the molecule is CC(C)c1nc2ccc(N(Cc3ccc(C(=O)CN)cc3F)C(=O)N3CCCCC3)cc2s1.COC(=O)c1ccc(CN(C(=O)N2CCCCC2)c2ccc3nc(C(C)C)sc3c2)c(F)c1. The minimum absolute atomic E-state index is 0.0595. The van der Waals surface area contributed by atoms with Gasteiger partial charge in [0.25, 0.3) is 0 Å². The molecule has 0 spiro atoms. The number of esters is 1. The predicted molar refractivity (Wildman–Crippen MR) is 259 cm³/mol. The van der Waals surface area contributed by atoms with Crippen LogP contribution < -0.4 is 15.5 Å². The molecule has 16 heteroatoms. The van der Waals surface area contributed by atoms with Crippen LogP contribution in [0, 0.1) is 11.6 Å². The molecule has 4 amide bonds. The standard InChI is InChI=1S/C25H29FN4O2S.C25H28FN3O3S/c1-16(2)24-28-21-9-8-19(13-23(21)33-24)30(25(32)29-10-4-3-5-11-29)15-18-7-6-17(12-20(18)26)22(31)14-27;1-16(2)23-27-21-10-9-19(14-22(21)33-23)29(25(31)28-11-5-4-6-12-28)15-18-8-7-17(13-20(18)26)24(30)32-3/h6-9,12-13,16H,3-5,10-11,14-15,27H2,1-2H3;7-10,13-14,16H,4-6,11-12,15H2,1-3H3. The van der Waals surface area contributed by atoms with E-state index in [9.17, 15) is 28.0 Å². The second-order valence-electron chi connectivity index (χ2n) is 17.3. The van der Waals surface area contributed by atoms with Gasteiger partial charge in [0.15, 0.2) is 5.78 Å². The molecular weight excluding hydrogens is 881 g/mol. The Kier molecular flexibility index (Phi) is 15.8. The van der Waals surface area contributed by atoms with Crippen LogP contribution >= 0.6 is 22.7 Å². The minimum atomic E-state index is -0.599. The maximum Gasteiger partial charge on any atom is 0.337 e. The van der Waals surface area contributed by atoms with Crippen molar-refractivity contribution in [3.05, 3.63) is 117 Å². The summed E-state index contributed by atoms with van der Waals surface area (Å²) in [7, 11) is 1.26. The molecule has 2 saturated heterocycles. The summed E-state index contributed by atoms with van der Waals surface area (Å²) in [6.07, 6.45) is 6.09.